The van der Waals surface area contributed by atoms with Gasteiger partial charge in [-0.25, -0.2) is 4.98 Å². The fourth-order valence-electron chi connectivity index (χ4n) is 2.94. The first-order chi connectivity index (χ1) is 14.0. The van der Waals surface area contributed by atoms with Crippen LogP contribution < -0.4 is 15.6 Å². The molecule has 2 aromatic carbocycles. The lowest BCUT2D eigenvalue weighted by molar-refractivity contribution is 0.102. The van der Waals surface area contributed by atoms with Crippen LogP contribution in [0.3, 0.4) is 0 Å². The van der Waals surface area contributed by atoms with E-state index >= 15 is 0 Å². The molecule has 2 aromatic heterocycles. The van der Waals surface area contributed by atoms with Crippen LogP contribution in [0.2, 0.25) is 0 Å². The maximum absolute atomic E-state index is 12.5. The van der Waals surface area contributed by atoms with Gasteiger partial charge in [-0.3, -0.25) is 14.0 Å². The van der Waals surface area contributed by atoms with Crippen molar-refractivity contribution < 1.29 is 9.53 Å². The summed E-state index contributed by atoms with van der Waals surface area (Å²) in [6.07, 6.45) is 1.77. The van der Waals surface area contributed by atoms with Crippen molar-refractivity contribution in [3.05, 3.63) is 92.8 Å². The molecule has 0 spiro atoms. The van der Waals surface area contributed by atoms with Crippen LogP contribution in [0.5, 0.6) is 5.75 Å². The van der Waals surface area contributed by atoms with Gasteiger partial charge in [0.05, 0.1) is 11.4 Å². The number of carbonyl (C=O) groups excluding carboxylic acids is 1. The first-order valence-electron chi connectivity index (χ1n) is 9.08. The van der Waals surface area contributed by atoms with Gasteiger partial charge in [-0.1, -0.05) is 24.3 Å². The van der Waals surface area contributed by atoms with Crippen molar-refractivity contribution in [2.75, 3.05) is 5.32 Å². The Morgan fingerprint density at radius 3 is 2.72 bits per heavy atom. The summed E-state index contributed by atoms with van der Waals surface area (Å²) in [4.78, 5) is 30.9. The highest BCUT2D eigenvalue weighted by Gasteiger charge is 2.12. The van der Waals surface area contributed by atoms with Gasteiger partial charge in [0.1, 0.15) is 12.4 Å². The molecule has 0 aliphatic rings. The summed E-state index contributed by atoms with van der Waals surface area (Å²) in [7, 11) is 0. The molecule has 0 bridgehead atoms. The van der Waals surface area contributed by atoms with Crippen molar-refractivity contribution in [3.63, 3.8) is 0 Å². The quantitative estimate of drug-likeness (QED) is 0.540. The van der Waals surface area contributed by atoms with E-state index in [9.17, 15) is 9.59 Å². The number of fused-ring (bicyclic) bond motifs is 1. The summed E-state index contributed by atoms with van der Waals surface area (Å²) < 4.78 is 7.43. The Kier molecular flexibility index (Phi) is 5.14. The third-order valence-electron chi connectivity index (χ3n) is 4.33. The van der Waals surface area contributed by atoms with Gasteiger partial charge in [0, 0.05) is 22.7 Å². The maximum Gasteiger partial charge on any atom is 0.258 e. The average Bonchev–Trinajstić information content (AvgIpc) is 3.09. The van der Waals surface area contributed by atoms with Gasteiger partial charge in [-0.05, 0) is 43.7 Å². The molecule has 1 N–H and O–H groups in total. The number of anilines is 1. The normalized spacial score (nSPS) is 10.8. The number of aryl methyl sites for hydroxylation is 2. The minimum atomic E-state index is -0.215. The van der Waals surface area contributed by atoms with E-state index in [0.29, 0.717) is 27.7 Å². The molecule has 146 valence electrons. The number of hydrogen-bond acceptors (Lipinski definition) is 5. The number of nitrogens with one attached hydrogen (secondary N) is 1. The van der Waals surface area contributed by atoms with Crippen LogP contribution in [-0.4, -0.2) is 15.3 Å². The standard InChI is InChI=1S/C22H19N3O3S/c1-14-8-9-19(18(10-14)24-21(27)16-6-4-3-5-7-16)28-13-17-11-20(26)25-12-15(2)29-22(25)23-17/h3-12H,13H2,1-2H3,(H,24,27). The summed E-state index contributed by atoms with van der Waals surface area (Å²) in [6.45, 7) is 4.00. The zero-order valence-electron chi connectivity index (χ0n) is 16.0. The number of amides is 1. The SMILES string of the molecule is Cc1ccc(OCc2cc(=O)n3cc(C)sc3n2)c(NC(=O)c2ccccc2)c1. The van der Waals surface area contributed by atoms with Crippen LogP contribution in [-0.2, 0) is 6.61 Å². The van der Waals surface area contributed by atoms with Gasteiger partial charge in [0.2, 0.25) is 0 Å². The van der Waals surface area contributed by atoms with E-state index in [1.807, 2.05) is 44.2 Å². The van der Waals surface area contributed by atoms with Crippen molar-refractivity contribution in [1.82, 2.24) is 9.38 Å². The molecular formula is C22H19N3O3S. The average molecular weight is 405 g/mol. The second kappa shape index (κ2) is 7.89. The zero-order chi connectivity index (χ0) is 20.4. The molecule has 2 heterocycles. The maximum atomic E-state index is 12.5. The molecule has 1 amide bonds. The fraction of sp³-hybridized carbons (Fsp3) is 0.136. The van der Waals surface area contributed by atoms with E-state index in [1.54, 1.807) is 24.4 Å². The Hall–Kier alpha value is -3.45. The summed E-state index contributed by atoms with van der Waals surface area (Å²) in [5, 5.41) is 2.90. The Bertz CT molecular complexity index is 1250. The second-order valence-electron chi connectivity index (χ2n) is 6.69. The molecule has 4 aromatic rings. The number of thiazole rings is 1. The van der Waals surface area contributed by atoms with Gasteiger partial charge in [-0.2, -0.15) is 0 Å². The number of benzene rings is 2. The van der Waals surface area contributed by atoms with E-state index in [2.05, 4.69) is 10.3 Å². The number of nitrogens with zero attached hydrogens (tertiary/aromatic N) is 2. The van der Waals surface area contributed by atoms with Gasteiger partial charge in [0.25, 0.3) is 11.5 Å². The highest BCUT2D eigenvalue weighted by Crippen LogP contribution is 2.27. The number of rotatable bonds is 5. The smallest absolute Gasteiger partial charge is 0.258 e. The first-order valence-corrected chi connectivity index (χ1v) is 9.90. The molecule has 0 aliphatic carbocycles. The molecule has 29 heavy (non-hydrogen) atoms. The largest absolute Gasteiger partial charge is 0.485 e. The highest BCUT2D eigenvalue weighted by atomic mass is 32.1. The Morgan fingerprint density at radius 2 is 1.93 bits per heavy atom. The second-order valence-corrected chi connectivity index (χ2v) is 7.90. The lowest BCUT2D eigenvalue weighted by Gasteiger charge is -2.13. The van der Waals surface area contributed by atoms with E-state index < -0.39 is 0 Å². The third-order valence-corrected chi connectivity index (χ3v) is 5.23. The molecule has 7 heteroatoms. The van der Waals surface area contributed by atoms with Crippen LogP contribution in [0.25, 0.3) is 4.96 Å². The van der Waals surface area contributed by atoms with E-state index in [0.717, 1.165) is 10.4 Å². The topological polar surface area (TPSA) is 72.7 Å². The zero-order valence-corrected chi connectivity index (χ0v) is 16.8. The Balaban J connectivity index is 1.56. The van der Waals surface area contributed by atoms with Crippen LogP contribution in [0.15, 0.2) is 65.6 Å². The molecular weight excluding hydrogens is 386 g/mol. The van der Waals surface area contributed by atoms with Gasteiger partial charge >= 0.3 is 0 Å². The number of aromatic nitrogens is 2. The molecule has 0 saturated carbocycles. The molecule has 0 saturated heterocycles. The highest BCUT2D eigenvalue weighted by molar-refractivity contribution is 7.16. The van der Waals surface area contributed by atoms with Gasteiger partial charge in [-0.15, -0.1) is 11.3 Å². The molecule has 0 unspecified atom stereocenters. The van der Waals surface area contributed by atoms with Crippen LogP contribution in [0.4, 0.5) is 5.69 Å². The number of ether oxygens (including phenoxy) is 1. The van der Waals surface area contributed by atoms with Gasteiger partial charge < -0.3 is 10.1 Å². The summed E-state index contributed by atoms with van der Waals surface area (Å²) in [6, 6.07) is 16.0. The lowest BCUT2D eigenvalue weighted by Crippen LogP contribution is -2.15. The predicted octanol–water partition coefficient (Wildman–Crippen LogP) is 4.20. The molecule has 6 nitrogen and oxygen atoms in total. The molecule has 0 atom stereocenters. The summed E-state index contributed by atoms with van der Waals surface area (Å²) in [5.74, 6) is 0.303. The first kappa shape index (κ1) is 18.9. The van der Waals surface area contributed by atoms with Crippen LogP contribution in [0, 0.1) is 13.8 Å². The number of hydrogen-bond donors (Lipinski definition) is 1. The predicted molar refractivity (Wildman–Crippen MR) is 114 cm³/mol. The van der Waals surface area contributed by atoms with Crippen molar-refractivity contribution in [2.24, 2.45) is 0 Å². The van der Waals surface area contributed by atoms with Crippen molar-refractivity contribution in [1.29, 1.82) is 0 Å². The molecule has 4 rings (SSSR count). The van der Waals surface area contributed by atoms with Crippen LogP contribution in [0.1, 0.15) is 26.5 Å². The van der Waals surface area contributed by atoms with Crippen LogP contribution >= 0.6 is 11.3 Å². The Labute approximate surface area is 171 Å². The third kappa shape index (κ3) is 4.20. The molecule has 0 radical (unpaired) electrons. The minimum Gasteiger partial charge on any atom is -0.485 e. The summed E-state index contributed by atoms with van der Waals surface area (Å²) in [5.41, 5.74) is 2.53. The summed E-state index contributed by atoms with van der Waals surface area (Å²) >= 11 is 1.45. The Morgan fingerprint density at radius 1 is 1.14 bits per heavy atom. The molecule has 0 aliphatic heterocycles. The molecule has 0 fully saturated rings. The van der Waals surface area contributed by atoms with Crippen molar-refractivity contribution in [2.45, 2.75) is 20.5 Å². The van der Waals surface area contributed by atoms with E-state index in [-0.39, 0.29) is 18.1 Å². The van der Waals surface area contributed by atoms with Gasteiger partial charge in [0.15, 0.2) is 4.96 Å². The van der Waals surface area contributed by atoms with E-state index in [1.165, 1.54) is 21.8 Å². The fourth-order valence-corrected chi connectivity index (χ4v) is 3.79. The van der Waals surface area contributed by atoms with E-state index in [4.69, 9.17) is 4.74 Å². The lowest BCUT2D eigenvalue weighted by atomic mass is 10.1. The monoisotopic (exact) mass is 405 g/mol. The van der Waals surface area contributed by atoms with Crippen molar-refractivity contribution >= 4 is 27.9 Å². The number of carbonyl (C=O) groups is 1. The van der Waals surface area contributed by atoms with Crippen molar-refractivity contribution in [3.8, 4) is 5.75 Å². The minimum absolute atomic E-state index is 0.125.